The Hall–Kier alpha value is -1.81. The molecule has 0 aromatic rings. The smallest absolute Gasteiger partial charge is 0.306 e. The van der Waals surface area contributed by atoms with E-state index in [4.69, 9.17) is 9.47 Å². The van der Waals surface area contributed by atoms with Gasteiger partial charge < -0.3 is 29.9 Å². The average Bonchev–Trinajstić information content (AvgIpc) is 3.27. The number of hydrogen-bond acceptors (Lipinski definition) is 9. The molecule has 0 aliphatic heterocycles. The number of carbonyl (C=O) groups excluding carboxylic acids is 3. The molecule has 6 atom stereocenters. The van der Waals surface area contributed by atoms with Crippen molar-refractivity contribution >= 4 is 17.7 Å². The van der Waals surface area contributed by atoms with Crippen LogP contribution in [0, 0.1) is 17.8 Å². The van der Waals surface area contributed by atoms with Crippen LogP contribution in [0.15, 0.2) is 12.2 Å². The maximum atomic E-state index is 12.7. The largest absolute Gasteiger partial charge is 0.462 e. The summed E-state index contributed by atoms with van der Waals surface area (Å²) in [4.78, 5) is 37.0. The molecule has 268 valence electrons. The van der Waals surface area contributed by atoms with E-state index < -0.39 is 48.8 Å². The first-order valence-electron chi connectivity index (χ1n) is 18.3. The van der Waals surface area contributed by atoms with E-state index >= 15 is 0 Å². The van der Waals surface area contributed by atoms with E-state index in [1.165, 1.54) is 38.5 Å². The molecule has 0 spiro atoms. The number of carbonyl (C=O) groups is 3. The second kappa shape index (κ2) is 26.2. The standard InChI is InChI=1S/C37H66O9/c1-4-5-12-18-29(39)22-23-32-33(35(42)25-34(32)41)24-30(40)19-15-16-21-37(44)46-31(26-38)27-45-36(43)20-14-11-9-7-6-8-10-13-17-28(2)3/h22-23,28-29,31-35,38-39,41-42H,4-21,24-27H2,1-3H3/b23-22+/t29-,31-,32+,33+,34+,35-/m0/s1. The van der Waals surface area contributed by atoms with Crippen molar-refractivity contribution in [3.63, 3.8) is 0 Å². The summed E-state index contributed by atoms with van der Waals surface area (Å²) in [6.07, 6.45) is 16.3. The van der Waals surface area contributed by atoms with Crippen LogP contribution in [0.1, 0.15) is 149 Å². The van der Waals surface area contributed by atoms with Gasteiger partial charge in [-0.15, -0.1) is 0 Å². The van der Waals surface area contributed by atoms with Crippen molar-refractivity contribution in [2.75, 3.05) is 13.2 Å². The Labute approximate surface area is 278 Å². The number of aliphatic hydroxyl groups is 4. The molecule has 1 fully saturated rings. The summed E-state index contributed by atoms with van der Waals surface area (Å²) >= 11 is 0. The Morgan fingerprint density at radius 1 is 0.783 bits per heavy atom. The summed E-state index contributed by atoms with van der Waals surface area (Å²) in [5.74, 6) is -0.954. The van der Waals surface area contributed by atoms with Gasteiger partial charge in [-0.25, -0.2) is 0 Å². The zero-order valence-corrected chi connectivity index (χ0v) is 29.1. The van der Waals surface area contributed by atoms with Crippen LogP contribution in [-0.2, 0) is 23.9 Å². The maximum absolute atomic E-state index is 12.7. The van der Waals surface area contributed by atoms with E-state index in [1.54, 1.807) is 12.2 Å². The highest BCUT2D eigenvalue weighted by molar-refractivity contribution is 5.79. The first-order chi connectivity index (χ1) is 22.1. The van der Waals surface area contributed by atoms with Crippen LogP contribution in [-0.4, -0.2) is 75.8 Å². The highest BCUT2D eigenvalue weighted by atomic mass is 16.6. The van der Waals surface area contributed by atoms with Crippen LogP contribution in [0.2, 0.25) is 0 Å². The summed E-state index contributed by atoms with van der Waals surface area (Å²) in [7, 11) is 0. The molecule has 0 amide bonds. The predicted octanol–water partition coefficient (Wildman–Crippen LogP) is 6.37. The van der Waals surface area contributed by atoms with Gasteiger partial charge in [0, 0.05) is 43.9 Å². The molecular formula is C37H66O9. The lowest BCUT2D eigenvalue weighted by Crippen LogP contribution is -2.28. The van der Waals surface area contributed by atoms with Gasteiger partial charge in [-0.05, 0) is 31.6 Å². The zero-order chi connectivity index (χ0) is 34.2. The van der Waals surface area contributed by atoms with Crippen molar-refractivity contribution in [2.45, 2.75) is 174 Å². The number of hydrogen-bond donors (Lipinski definition) is 4. The number of aliphatic hydroxyl groups excluding tert-OH is 4. The molecule has 1 aliphatic carbocycles. The van der Waals surface area contributed by atoms with Crippen LogP contribution < -0.4 is 0 Å². The molecule has 0 aromatic carbocycles. The van der Waals surface area contributed by atoms with Gasteiger partial charge in [0.15, 0.2) is 6.10 Å². The van der Waals surface area contributed by atoms with E-state index in [-0.39, 0.29) is 44.0 Å². The zero-order valence-electron chi connectivity index (χ0n) is 29.1. The summed E-state index contributed by atoms with van der Waals surface area (Å²) < 4.78 is 10.5. The molecular weight excluding hydrogens is 588 g/mol. The third-order valence-electron chi connectivity index (χ3n) is 8.97. The first-order valence-corrected chi connectivity index (χ1v) is 18.3. The Bertz CT molecular complexity index is 843. The van der Waals surface area contributed by atoms with Gasteiger partial charge >= 0.3 is 11.9 Å². The normalized spacial score (nSPS) is 21.1. The van der Waals surface area contributed by atoms with Gasteiger partial charge in [0.2, 0.25) is 0 Å². The lowest BCUT2D eigenvalue weighted by Gasteiger charge is -2.20. The van der Waals surface area contributed by atoms with E-state index in [0.717, 1.165) is 44.4 Å². The second-order valence-electron chi connectivity index (χ2n) is 13.7. The van der Waals surface area contributed by atoms with Gasteiger partial charge in [0.1, 0.15) is 12.4 Å². The molecule has 9 heteroatoms. The van der Waals surface area contributed by atoms with Crippen molar-refractivity contribution in [2.24, 2.45) is 17.8 Å². The summed E-state index contributed by atoms with van der Waals surface area (Å²) in [5.41, 5.74) is 0. The predicted molar refractivity (Wildman–Crippen MR) is 180 cm³/mol. The van der Waals surface area contributed by atoms with Crippen LogP contribution in [0.3, 0.4) is 0 Å². The van der Waals surface area contributed by atoms with E-state index in [1.807, 2.05) is 0 Å². The van der Waals surface area contributed by atoms with E-state index in [9.17, 15) is 34.8 Å². The van der Waals surface area contributed by atoms with Gasteiger partial charge in [-0.1, -0.05) is 104 Å². The Kier molecular flexibility index (Phi) is 24.0. The number of Topliss-reactive ketones (excluding diaryl/α,β-unsaturated/α-hetero) is 1. The molecule has 0 radical (unpaired) electrons. The van der Waals surface area contributed by atoms with E-state index in [0.29, 0.717) is 25.7 Å². The van der Waals surface area contributed by atoms with Crippen molar-refractivity contribution in [1.82, 2.24) is 0 Å². The monoisotopic (exact) mass is 654 g/mol. The van der Waals surface area contributed by atoms with Crippen molar-refractivity contribution in [3.05, 3.63) is 12.2 Å². The highest BCUT2D eigenvalue weighted by Crippen LogP contribution is 2.36. The number of rotatable bonds is 28. The number of unbranched alkanes of at least 4 members (excludes halogenated alkanes) is 10. The fraction of sp³-hybridized carbons (Fsp3) is 0.865. The van der Waals surface area contributed by atoms with Crippen molar-refractivity contribution < 1.29 is 44.3 Å². The Morgan fingerprint density at radius 2 is 1.37 bits per heavy atom. The molecule has 1 rings (SSSR count). The van der Waals surface area contributed by atoms with Crippen molar-refractivity contribution in [1.29, 1.82) is 0 Å². The SMILES string of the molecule is CCCCC[C@H](O)/C=C/[C@@H]1[C@@H](CC(=O)CCCCC(=O)O[C@@H](CO)COC(=O)CCCCCCCCCCC(C)C)[C@@H](O)C[C@H]1O. The van der Waals surface area contributed by atoms with Crippen LogP contribution in [0.5, 0.6) is 0 Å². The highest BCUT2D eigenvalue weighted by Gasteiger charge is 2.41. The number of esters is 2. The molecule has 0 aromatic heterocycles. The first kappa shape index (κ1) is 42.2. The van der Waals surface area contributed by atoms with E-state index in [2.05, 4.69) is 20.8 Å². The topological polar surface area (TPSA) is 151 Å². The van der Waals surface area contributed by atoms with Crippen LogP contribution in [0.25, 0.3) is 0 Å². The Balaban J connectivity index is 2.21. The quantitative estimate of drug-likeness (QED) is 0.0429. The van der Waals surface area contributed by atoms with Crippen LogP contribution >= 0.6 is 0 Å². The van der Waals surface area contributed by atoms with Gasteiger partial charge in [-0.2, -0.15) is 0 Å². The molecule has 9 nitrogen and oxygen atoms in total. The molecule has 4 N–H and O–H groups in total. The minimum Gasteiger partial charge on any atom is -0.462 e. The maximum Gasteiger partial charge on any atom is 0.306 e. The third-order valence-corrected chi connectivity index (χ3v) is 8.97. The minimum absolute atomic E-state index is 0.0503. The average molecular weight is 655 g/mol. The minimum atomic E-state index is -0.917. The van der Waals surface area contributed by atoms with Gasteiger partial charge in [0.05, 0.1) is 24.9 Å². The molecule has 46 heavy (non-hydrogen) atoms. The second-order valence-corrected chi connectivity index (χ2v) is 13.7. The number of ketones is 1. The fourth-order valence-corrected chi connectivity index (χ4v) is 6.09. The summed E-state index contributed by atoms with van der Waals surface area (Å²) in [5, 5.41) is 40.6. The lowest BCUT2D eigenvalue weighted by molar-refractivity contribution is -0.161. The molecule has 1 aliphatic rings. The van der Waals surface area contributed by atoms with Crippen molar-refractivity contribution in [3.8, 4) is 0 Å². The fourth-order valence-electron chi connectivity index (χ4n) is 6.09. The molecule has 0 heterocycles. The Morgan fingerprint density at radius 3 is 2.02 bits per heavy atom. The van der Waals surface area contributed by atoms with Crippen LogP contribution in [0.4, 0.5) is 0 Å². The molecule has 1 saturated carbocycles. The molecule has 0 saturated heterocycles. The molecule has 0 bridgehead atoms. The molecule has 0 unspecified atom stereocenters. The van der Waals surface area contributed by atoms with Gasteiger partial charge in [-0.3, -0.25) is 14.4 Å². The number of ether oxygens (including phenoxy) is 2. The van der Waals surface area contributed by atoms with Gasteiger partial charge in [0.25, 0.3) is 0 Å². The lowest BCUT2D eigenvalue weighted by atomic mass is 9.87. The summed E-state index contributed by atoms with van der Waals surface area (Å²) in [6.45, 7) is 5.98. The summed E-state index contributed by atoms with van der Waals surface area (Å²) in [6, 6.07) is 0. The third kappa shape index (κ3) is 20.4.